The highest BCUT2D eigenvalue weighted by Crippen LogP contribution is 2.05. The number of carbonyl (C=O) groups excluding carboxylic acids is 1. The molecule has 4 nitrogen and oxygen atoms in total. The van der Waals surface area contributed by atoms with Crippen molar-refractivity contribution in [3.63, 3.8) is 0 Å². The van der Waals surface area contributed by atoms with Crippen LogP contribution in [-0.2, 0) is 13.1 Å². The minimum Gasteiger partial charge on any atom is -0.309 e. The number of hydrogen-bond acceptors (Lipinski definition) is 3. The van der Waals surface area contributed by atoms with Crippen LogP contribution in [0.1, 0.15) is 16.2 Å². The van der Waals surface area contributed by atoms with Crippen molar-refractivity contribution in [1.29, 1.82) is 0 Å². The number of hydrogen-bond donors (Lipinski definition) is 1. The molecule has 1 aromatic rings. The third kappa shape index (κ3) is 1.05. The molecule has 1 N–H and O–H groups in total. The summed E-state index contributed by atoms with van der Waals surface area (Å²) in [4.78, 5) is 10.3. The summed E-state index contributed by atoms with van der Waals surface area (Å²) in [6, 6.07) is 1.82. The zero-order chi connectivity index (χ0) is 7.68. The van der Waals surface area contributed by atoms with Crippen LogP contribution < -0.4 is 5.32 Å². The predicted molar refractivity (Wildman–Crippen MR) is 39.3 cm³/mol. The lowest BCUT2D eigenvalue weighted by Gasteiger charge is -2.13. The standard InChI is InChI=1S/C7H9N3O/c11-5-6-3-7-4-8-1-2-10(7)9-6/h3,5,8H,1-2,4H2. The largest absolute Gasteiger partial charge is 0.309 e. The van der Waals surface area contributed by atoms with Crippen LogP contribution >= 0.6 is 0 Å². The fraction of sp³-hybridized carbons (Fsp3) is 0.429. The molecule has 0 aliphatic carbocycles. The average molecular weight is 151 g/mol. The lowest BCUT2D eigenvalue weighted by atomic mass is 10.3. The first-order valence-electron chi connectivity index (χ1n) is 3.63. The van der Waals surface area contributed by atoms with Crippen LogP contribution in [0.4, 0.5) is 0 Å². The monoisotopic (exact) mass is 151 g/mol. The number of nitrogens with zero attached hydrogens (tertiary/aromatic N) is 2. The van der Waals surface area contributed by atoms with Crippen molar-refractivity contribution in [2.24, 2.45) is 0 Å². The van der Waals surface area contributed by atoms with E-state index < -0.39 is 0 Å². The van der Waals surface area contributed by atoms with E-state index in [2.05, 4.69) is 10.4 Å². The van der Waals surface area contributed by atoms with E-state index in [0.717, 1.165) is 31.6 Å². The molecule has 0 spiro atoms. The molecular weight excluding hydrogens is 142 g/mol. The molecule has 0 aromatic carbocycles. The van der Waals surface area contributed by atoms with Crippen molar-refractivity contribution in [3.05, 3.63) is 17.5 Å². The molecule has 1 aliphatic rings. The molecule has 58 valence electrons. The van der Waals surface area contributed by atoms with Crippen molar-refractivity contribution in [1.82, 2.24) is 15.1 Å². The molecule has 0 unspecified atom stereocenters. The Morgan fingerprint density at radius 2 is 2.64 bits per heavy atom. The molecule has 0 radical (unpaired) electrons. The van der Waals surface area contributed by atoms with Crippen LogP contribution in [0.5, 0.6) is 0 Å². The van der Waals surface area contributed by atoms with E-state index in [1.165, 1.54) is 0 Å². The van der Waals surface area contributed by atoms with E-state index in [1.54, 1.807) is 0 Å². The van der Waals surface area contributed by atoms with Gasteiger partial charge in [-0.1, -0.05) is 0 Å². The molecule has 1 aliphatic heterocycles. The molecule has 2 rings (SSSR count). The second kappa shape index (κ2) is 2.47. The van der Waals surface area contributed by atoms with Gasteiger partial charge in [0.2, 0.25) is 0 Å². The third-order valence-electron chi connectivity index (χ3n) is 1.81. The maximum absolute atomic E-state index is 10.3. The molecule has 0 saturated carbocycles. The van der Waals surface area contributed by atoms with Gasteiger partial charge in [-0.25, -0.2) is 0 Å². The number of aldehydes is 1. The Bertz CT molecular complexity index is 256. The van der Waals surface area contributed by atoms with Gasteiger partial charge in [-0.05, 0) is 6.07 Å². The normalized spacial score (nSPS) is 16.0. The first-order valence-corrected chi connectivity index (χ1v) is 3.63. The van der Waals surface area contributed by atoms with Gasteiger partial charge in [-0.15, -0.1) is 0 Å². The van der Waals surface area contributed by atoms with E-state index in [9.17, 15) is 4.79 Å². The highest BCUT2D eigenvalue weighted by atomic mass is 16.1. The van der Waals surface area contributed by atoms with Crippen molar-refractivity contribution < 1.29 is 4.79 Å². The zero-order valence-corrected chi connectivity index (χ0v) is 6.08. The molecule has 0 bridgehead atoms. The van der Waals surface area contributed by atoms with Gasteiger partial charge in [0.05, 0.1) is 12.2 Å². The summed E-state index contributed by atoms with van der Waals surface area (Å²) in [5, 5.41) is 7.28. The summed E-state index contributed by atoms with van der Waals surface area (Å²) in [6.45, 7) is 2.62. The maximum Gasteiger partial charge on any atom is 0.170 e. The molecule has 0 amide bonds. The fourth-order valence-electron chi connectivity index (χ4n) is 1.27. The van der Waals surface area contributed by atoms with Crippen LogP contribution in [0, 0.1) is 0 Å². The number of carbonyl (C=O) groups is 1. The summed E-state index contributed by atoms with van der Waals surface area (Å²) in [7, 11) is 0. The summed E-state index contributed by atoms with van der Waals surface area (Å²) in [6.07, 6.45) is 0.783. The van der Waals surface area contributed by atoms with E-state index in [-0.39, 0.29) is 0 Å². The first kappa shape index (κ1) is 6.54. The van der Waals surface area contributed by atoms with Gasteiger partial charge >= 0.3 is 0 Å². The zero-order valence-electron chi connectivity index (χ0n) is 6.08. The van der Waals surface area contributed by atoms with Gasteiger partial charge in [-0.3, -0.25) is 9.48 Å². The molecule has 0 atom stereocenters. The smallest absolute Gasteiger partial charge is 0.170 e. The van der Waals surface area contributed by atoms with Gasteiger partial charge < -0.3 is 5.32 Å². The number of aromatic nitrogens is 2. The Labute approximate surface area is 64.2 Å². The predicted octanol–water partition coefficient (Wildman–Crippen LogP) is -0.201. The van der Waals surface area contributed by atoms with Crippen molar-refractivity contribution >= 4 is 6.29 Å². The Kier molecular flexibility index (Phi) is 1.47. The van der Waals surface area contributed by atoms with Gasteiger partial charge in [0.1, 0.15) is 5.69 Å². The second-order valence-electron chi connectivity index (χ2n) is 2.58. The van der Waals surface area contributed by atoms with Gasteiger partial charge in [0.15, 0.2) is 6.29 Å². The van der Waals surface area contributed by atoms with E-state index in [0.29, 0.717) is 5.69 Å². The van der Waals surface area contributed by atoms with Gasteiger partial charge in [-0.2, -0.15) is 5.10 Å². The van der Waals surface area contributed by atoms with Crippen LogP contribution in [0.15, 0.2) is 6.07 Å². The summed E-state index contributed by atoms with van der Waals surface area (Å²) in [5.41, 5.74) is 1.63. The molecule has 4 heteroatoms. The minimum atomic E-state index is 0.531. The highest BCUT2D eigenvalue weighted by Gasteiger charge is 2.10. The Hall–Kier alpha value is -1.16. The Morgan fingerprint density at radius 3 is 3.36 bits per heavy atom. The Balaban J connectivity index is 2.39. The average Bonchev–Trinajstić information content (AvgIpc) is 2.46. The maximum atomic E-state index is 10.3. The molecule has 1 aromatic heterocycles. The van der Waals surface area contributed by atoms with Gasteiger partial charge in [0, 0.05) is 13.1 Å². The molecule has 0 fully saturated rings. The van der Waals surface area contributed by atoms with Crippen molar-refractivity contribution in [2.45, 2.75) is 13.1 Å². The lowest BCUT2D eigenvalue weighted by Crippen LogP contribution is -2.28. The second-order valence-corrected chi connectivity index (χ2v) is 2.58. The van der Waals surface area contributed by atoms with Crippen molar-refractivity contribution in [3.8, 4) is 0 Å². The lowest BCUT2D eigenvalue weighted by molar-refractivity contribution is 0.111. The Morgan fingerprint density at radius 1 is 1.73 bits per heavy atom. The van der Waals surface area contributed by atoms with Gasteiger partial charge in [0.25, 0.3) is 0 Å². The van der Waals surface area contributed by atoms with Crippen LogP contribution in [0.25, 0.3) is 0 Å². The molecular formula is C7H9N3O. The first-order chi connectivity index (χ1) is 5.40. The quantitative estimate of drug-likeness (QED) is 0.565. The number of nitrogens with one attached hydrogen (secondary N) is 1. The highest BCUT2D eigenvalue weighted by molar-refractivity contribution is 5.71. The van der Waals surface area contributed by atoms with E-state index >= 15 is 0 Å². The molecule has 2 heterocycles. The van der Waals surface area contributed by atoms with Crippen molar-refractivity contribution in [2.75, 3.05) is 6.54 Å². The van der Waals surface area contributed by atoms with Crippen LogP contribution in [0.3, 0.4) is 0 Å². The molecule has 0 saturated heterocycles. The summed E-state index contributed by atoms with van der Waals surface area (Å²) < 4.78 is 1.88. The van der Waals surface area contributed by atoms with E-state index in [1.807, 2.05) is 10.7 Å². The summed E-state index contributed by atoms with van der Waals surface area (Å²) >= 11 is 0. The number of fused-ring (bicyclic) bond motifs is 1. The minimum absolute atomic E-state index is 0.531. The number of rotatable bonds is 1. The van der Waals surface area contributed by atoms with Crippen LogP contribution in [-0.4, -0.2) is 22.6 Å². The summed E-state index contributed by atoms with van der Waals surface area (Å²) in [5.74, 6) is 0. The van der Waals surface area contributed by atoms with Crippen LogP contribution in [0.2, 0.25) is 0 Å². The molecule has 11 heavy (non-hydrogen) atoms. The SMILES string of the molecule is O=Cc1cc2n(n1)CCNC2. The fourth-order valence-corrected chi connectivity index (χ4v) is 1.27. The topological polar surface area (TPSA) is 46.9 Å². The van der Waals surface area contributed by atoms with E-state index in [4.69, 9.17) is 0 Å². The third-order valence-corrected chi connectivity index (χ3v) is 1.81.